The lowest BCUT2D eigenvalue weighted by Gasteiger charge is -2.06. The average Bonchev–Trinajstić information content (AvgIpc) is 2.91. The first-order valence-corrected chi connectivity index (χ1v) is 6.11. The number of rotatable bonds is 3. The van der Waals surface area contributed by atoms with Crippen molar-refractivity contribution in [1.29, 1.82) is 0 Å². The third kappa shape index (κ3) is 1.52. The van der Waals surface area contributed by atoms with E-state index in [1.165, 1.54) is 37.7 Å². The SMILES string of the molecule is CC1=CCC=C1CCC1=C2CC=C1CC2. The zero-order valence-electron chi connectivity index (χ0n) is 9.47. The van der Waals surface area contributed by atoms with Crippen molar-refractivity contribution in [1.82, 2.24) is 0 Å². The Labute approximate surface area is 92.1 Å². The maximum atomic E-state index is 2.44. The van der Waals surface area contributed by atoms with Gasteiger partial charge in [0.15, 0.2) is 0 Å². The van der Waals surface area contributed by atoms with Crippen LogP contribution in [0.4, 0.5) is 0 Å². The van der Waals surface area contributed by atoms with Crippen LogP contribution >= 0.6 is 0 Å². The second kappa shape index (κ2) is 3.52. The monoisotopic (exact) mass is 198 g/mol. The van der Waals surface area contributed by atoms with Crippen LogP contribution in [0, 0.1) is 0 Å². The van der Waals surface area contributed by atoms with Gasteiger partial charge in [0.1, 0.15) is 0 Å². The maximum Gasteiger partial charge on any atom is -0.0127 e. The van der Waals surface area contributed by atoms with Gasteiger partial charge in [0.05, 0.1) is 0 Å². The predicted octanol–water partition coefficient (Wildman–Crippen LogP) is 4.46. The van der Waals surface area contributed by atoms with Crippen molar-refractivity contribution in [3.05, 3.63) is 46.1 Å². The molecule has 78 valence electrons. The molecule has 0 radical (unpaired) electrons. The summed E-state index contributed by atoms with van der Waals surface area (Å²) in [5.74, 6) is 0. The fourth-order valence-corrected chi connectivity index (χ4v) is 3.08. The number of allylic oxidation sites excluding steroid dienone is 8. The summed E-state index contributed by atoms with van der Waals surface area (Å²) in [4.78, 5) is 0. The Kier molecular flexibility index (Phi) is 2.16. The Morgan fingerprint density at radius 2 is 2.00 bits per heavy atom. The fourth-order valence-electron chi connectivity index (χ4n) is 3.08. The molecule has 0 aromatic carbocycles. The molecule has 0 aromatic rings. The van der Waals surface area contributed by atoms with E-state index >= 15 is 0 Å². The Morgan fingerprint density at radius 1 is 1.07 bits per heavy atom. The van der Waals surface area contributed by atoms with Crippen LogP contribution < -0.4 is 0 Å². The van der Waals surface area contributed by atoms with Crippen molar-refractivity contribution in [2.75, 3.05) is 0 Å². The van der Waals surface area contributed by atoms with Crippen molar-refractivity contribution in [2.24, 2.45) is 0 Å². The molecule has 2 bridgehead atoms. The molecule has 0 aliphatic heterocycles. The van der Waals surface area contributed by atoms with Crippen molar-refractivity contribution >= 4 is 0 Å². The van der Waals surface area contributed by atoms with E-state index in [4.69, 9.17) is 0 Å². The third-order valence-corrected chi connectivity index (χ3v) is 4.04. The highest BCUT2D eigenvalue weighted by Gasteiger charge is 2.23. The standard InChI is InChI=1S/C15H18/c1-11-3-2-4-12(11)9-10-15-13-5-6-14(15)8-7-13/h3-5H,2,6-10H2,1H3. The van der Waals surface area contributed by atoms with Gasteiger partial charge in [-0.25, -0.2) is 0 Å². The summed E-state index contributed by atoms with van der Waals surface area (Å²) in [6.07, 6.45) is 14.8. The molecule has 0 saturated heterocycles. The lowest BCUT2D eigenvalue weighted by atomic mass is 9.99. The number of hydrogen-bond donors (Lipinski definition) is 0. The molecule has 0 fully saturated rings. The molecule has 0 heteroatoms. The topological polar surface area (TPSA) is 0 Å². The summed E-state index contributed by atoms with van der Waals surface area (Å²) in [6, 6.07) is 0. The van der Waals surface area contributed by atoms with Gasteiger partial charge in [0.25, 0.3) is 0 Å². The van der Waals surface area contributed by atoms with Gasteiger partial charge < -0.3 is 0 Å². The zero-order valence-corrected chi connectivity index (χ0v) is 9.47. The van der Waals surface area contributed by atoms with Crippen molar-refractivity contribution in [3.8, 4) is 0 Å². The summed E-state index contributed by atoms with van der Waals surface area (Å²) in [5.41, 5.74) is 8.24. The first kappa shape index (κ1) is 9.21. The van der Waals surface area contributed by atoms with E-state index < -0.39 is 0 Å². The molecule has 3 aliphatic rings. The molecule has 3 rings (SSSR count). The van der Waals surface area contributed by atoms with Crippen LogP contribution in [0.25, 0.3) is 0 Å². The van der Waals surface area contributed by atoms with Crippen LogP contribution in [0.3, 0.4) is 0 Å². The second-order valence-corrected chi connectivity index (χ2v) is 4.87. The zero-order chi connectivity index (χ0) is 10.3. The number of fused-ring (bicyclic) bond motifs is 1. The maximum absolute atomic E-state index is 2.44. The molecule has 0 aromatic heterocycles. The minimum absolute atomic E-state index is 1.16. The Bertz CT molecular complexity index is 413. The predicted molar refractivity (Wildman–Crippen MR) is 64.7 cm³/mol. The van der Waals surface area contributed by atoms with Crippen LogP contribution in [0.2, 0.25) is 0 Å². The molecule has 0 saturated carbocycles. The summed E-state index contributed by atoms with van der Waals surface area (Å²) in [7, 11) is 0. The Balaban J connectivity index is 1.66. The van der Waals surface area contributed by atoms with E-state index in [-0.39, 0.29) is 0 Å². The summed E-state index contributed by atoms with van der Waals surface area (Å²) in [6.45, 7) is 2.25. The molecule has 0 heterocycles. The van der Waals surface area contributed by atoms with Crippen molar-refractivity contribution < 1.29 is 0 Å². The van der Waals surface area contributed by atoms with Gasteiger partial charge in [-0.05, 0) is 62.2 Å². The van der Waals surface area contributed by atoms with E-state index in [1.54, 1.807) is 22.3 Å². The van der Waals surface area contributed by atoms with Gasteiger partial charge in [-0.3, -0.25) is 0 Å². The van der Waals surface area contributed by atoms with Crippen LogP contribution in [0.5, 0.6) is 0 Å². The Hall–Kier alpha value is -1.04. The normalized spacial score (nSPS) is 23.4. The minimum atomic E-state index is 1.16. The molecular weight excluding hydrogens is 180 g/mol. The van der Waals surface area contributed by atoms with Gasteiger partial charge in [-0.1, -0.05) is 29.4 Å². The highest BCUT2D eigenvalue weighted by molar-refractivity contribution is 5.48. The molecule has 0 amide bonds. The summed E-state index contributed by atoms with van der Waals surface area (Å²) >= 11 is 0. The largest absolute Gasteiger partial charge is 0.0775 e. The molecule has 3 aliphatic carbocycles. The van der Waals surface area contributed by atoms with E-state index in [0.717, 1.165) is 6.42 Å². The molecule has 0 unspecified atom stereocenters. The molecular formula is C15H18. The molecule has 0 N–H and O–H groups in total. The lowest BCUT2D eigenvalue weighted by Crippen LogP contribution is -1.87. The van der Waals surface area contributed by atoms with Gasteiger partial charge in [0, 0.05) is 0 Å². The van der Waals surface area contributed by atoms with Gasteiger partial charge in [0.2, 0.25) is 0 Å². The quantitative estimate of drug-likeness (QED) is 0.628. The van der Waals surface area contributed by atoms with Crippen LogP contribution in [-0.4, -0.2) is 0 Å². The van der Waals surface area contributed by atoms with E-state index in [2.05, 4.69) is 25.2 Å². The minimum Gasteiger partial charge on any atom is -0.0775 e. The fraction of sp³-hybridized carbons (Fsp3) is 0.467. The third-order valence-electron chi connectivity index (χ3n) is 4.04. The number of hydrogen-bond acceptors (Lipinski definition) is 0. The highest BCUT2D eigenvalue weighted by atomic mass is 14.3. The second-order valence-electron chi connectivity index (χ2n) is 4.87. The molecule has 15 heavy (non-hydrogen) atoms. The van der Waals surface area contributed by atoms with Crippen LogP contribution in [0.1, 0.15) is 45.4 Å². The lowest BCUT2D eigenvalue weighted by molar-refractivity contribution is 0.932. The van der Waals surface area contributed by atoms with E-state index in [1.807, 2.05) is 0 Å². The summed E-state index contributed by atoms with van der Waals surface area (Å²) in [5, 5.41) is 0. The van der Waals surface area contributed by atoms with Gasteiger partial charge >= 0.3 is 0 Å². The summed E-state index contributed by atoms with van der Waals surface area (Å²) < 4.78 is 0. The molecule has 0 atom stereocenters. The van der Waals surface area contributed by atoms with Crippen molar-refractivity contribution in [2.45, 2.75) is 45.4 Å². The van der Waals surface area contributed by atoms with Gasteiger partial charge in [-0.15, -0.1) is 0 Å². The van der Waals surface area contributed by atoms with E-state index in [0.29, 0.717) is 0 Å². The van der Waals surface area contributed by atoms with Gasteiger partial charge in [-0.2, -0.15) is 0 Å². The molecule has 0 spiro atoms. The van der Waals surface area contributed by atoms with Crippen molar-refractivity contribution in [3.63, 3.8) is 0 Å². The highest BCUT2D eigenvalue weighted by Crippen LogP contribution is 2.42. The first-order chi connectivity index (χ1) is 7.34. The van der Waals surface area contributed by atoms with E-state index in [9.17, 15) is 0 Å². The molecule has 0 nitrogen and oxygen atoms in total. The average molecular weight is 198 g/mol. The van der Waals surface area contributed by atoms with Crippen LogP contribution in [-0.2, 0) is 0 Å². The smallest absolute Gasteiger partial charge is 0.0127 e. The first-order valence-electron chi connectivity index (χ1n) is 6.11. The Morgan fingerprint density at radius 3 is 2.53 bits per heavy atom. The van der Waals surface area contributed by atoms with Crippen LogP contribution in [0.15, 0.2) is 46.1 Å².